The molecule has 0 N–H and O–H groups in total. The molecule has 2 atom stereocenters. The van der Waals surface area contributed by atoms with Crippen molar-refractivity contribution < 1.29 is 14.3 Å². The first kappa shape index (κ1) is 17.6. The molecule has 2 aromatic carbocycles. The van der Waals surface area contributed by atoms with Gasteiger partial charge in [-0.25, -0.2) is 4.79 Å². The minimum absolute atomic E-state index is 0.0119. The first-order valence-electron chi connectivity index (χ1n) is 8.67. The summed E-state index contributed by atoms with van der Waals surface area (Å²) in [5, 5.41) is 0. The maximum absolute atomic E-state index is 11.8. The van der Waals surface area contributed by atoms with E-state index < -0.39 is 0 Å². The van der Waals surface area contributed by atoms with Crippen molar-refractivity contribution >= 4 is 5.97 Å². The van der Waals surface area contributed by atoms with Gasteiger partial charge in [-0.2, -0.15) is 0 Å². The molecule has 1 aliphatic rings. The van der Waals surface area contributed by atoms with Gasteiger partial charge in [0.25, 0.3) is 0 Å². The van der Waals surface area contributed by atoms with Gasteiger partial charge in [0.05, 0.1) is 24.9 Å². The van der Waals surface area contributed by atoms with Crippen LogP contribution in [0.3, 0.4) is 0 Å². The SMILES string of the molecule is COC(=O)c1ccc([C@@H]2CN(Cc3ccccc3)C[C@H](C)O2)cc1C. The molecule has 0 radical (unpaired) electrons. The van der Waals surface area contributed by atoms with Crippen molar-refractivity contribution in [2.75, 3.05) is 20.2 Å². The van der Waals surface area contributed by atoms with Crippen LogP contribution in [-0.2, 0) is 16.0 Å². The van der Waals surface area contributed by atoms with E-state index in [1.54, 1.807) is 0 Å². The van der Waals surface area contributed by atoms with Gasteiger partial charge in [-0.15, -0.1) is 0 Å². The van der Waals surface area contributed by atoms with Crippen molar-refractivity contribution in [2.45, 2.75) is 32.6 Å². The second-order valence-corrected chi connectivity index (χ2v) is 6.68. The van der Waals surface area contributed by atoms with Gasteiger partial charge in [0.15, 0.2) is 0 Å². The highest BCUT2D eigenvalue weighted by Gasteiger charge is 2.27. The first-order chi connectivity index (χ1) is 12.1. The molecule has 1 aliphatic heterocycles. The van der Waals surface area contributed by atoms with Gasteiger partial charge in [-0.05, 0) is 36.6 Å². The summed E-state index contributed by atoms with van der Waals surface area (Å²) in [4.78, 5) is 14.2. The highest BCUT2D eigenvalue weighted by atomic mass is 16.5. The molecule has 0 aromatic heterocycles. The molecular formula is C21H25NO3. The van der Waals surface area contributed by atoms with E-state index in [0.717, 1.165) is 30.8 Å². The quantitative estimate of drug-likeness (QED) is 0.796. The van der Waals surface area contributed by atoms with E-state index in [4.69, 9.17) is 9.47 Å². The van der Waals surface area contributed by atoms with Gasteiger partial charge in [-0.3, -0.25) is 4.90 Å². The molecule has 4 heteroatoms. The summed E-state index contributed by atoms with van der Waals surface area (Å²) in [7, 11) is 1.41. The maximum Gasteiger partial charge on any atom is 0.338 e. The fourth-order valence-electron chi connectivity index (χ4n) is 3.42. The van der Waals surface area contributed by atoms with Gasteiger partial charge in [0.1, 0.15) is 0 Å². The second-order valence-electron chi connectivity index (χ2n) is 6.68. The van der Waals surface area contributed by atoms with Gasteiger partial charge >= 0.3 is 5.97 Å². The molecule has 3 rings (SSSR count). The van der Waals surface area contributed by atoms with E-state index in [2.05, 4.69) is 36.1 Å². The average molecular weight is 339 g/mol. The molecule has 0 amide bonds. The zero-order valence-corrected chi connectivity index (χ0v) is 15.1. The highest BCUT2D eigenvalue weighted by molar-refractivity contribution is 5.91. The summed E-state index contributed by atoms with van der Waals surface area (Å²) in [5.74, 6) is -0.298. The monoisotopic (exact) mass is 339 g/mol. The largest absolute Gasteiger partial charge is 0.465 e. The molecule has 0 unspecified atom stereocenters. The van der Waals surface area contributed by atoms with Crippen LogP contribution in [0.2, 0.25) is 0 Å². The Morgan fingerprint density at radius 1 is 1.20 bits per heavy atom. The summed E-state index contributed by atoms with van der Waals surface area (Å²) in [6.45, 7) is 6.73. The van der Waals surface area contributed by atoms with Crippen LogP contribution in [0, 0.1) is 6.92 Å². The highest BCUT2D eigenvalue weighted by Crippen LogP contribution is 2.28. The molecule has 0 bridgehead atoms. The molecule has 1 fully saturated rings. The Labute approximate surface area is 149 Å². The molecule has 0 aliphatic carbocycles. The van der Waals surface area contributed by atoms with E-state index in [-0.39, 0.29) is 18.2 Å². The van der Waals surface area contributed by atoms with Gasteiger partial charge < -0.3 is 9.47 Å². The van der Waals surface area contributed by atoms with Crippen LogP contribution < -0.4 is 0 Å². The topological polar surface area (TPSA) is 38.8 Å². The Bertz CT molecular complexity index is 729. The number of carbonyl (C=O) groups is 1. The standard InChI is InChI=1S/C21H25NO3/c1-15-11-18(9-10-19(15)21(23)24-3)20-14-22(12-16(2)25-20)13-17-7-5-4-6-8-17/h4-11,16,20H,12-14H2,1-3H3/t16-,20-/m0/s1. The molecule has 1 heterocycles. The Kier molecular flexibility index (Phi) is 5.51. The number of carbonyl (C=O) groups excluding carboxylic acids is 1. The van der Waals surface area contributed by atoms with Gasteiger partial charge in [0, 0.05) is 19.6 Å². The van der Waals surface area contributed by atoms with Crippen LogP contribution in [0.25, 0.3) is 0 Å². The van der Waals surface area contributed by atoms with Crippen molar-refractivity contribution in [1.82, 2.24) is 4.90 Å². The van der Waals surface area contributed by atoms with E-state index in [0.29, 0.717) is 5.56 Å². The molecular weight excluding hydrogens is 314 g/mol. The number of rotatable bonds is 4. The van der Waals surface area contributed by atoms with E-state index in [1.807, 2.05) is 31.2 Å². The lowest BCUT2D eigenvalue weighted by Crippen LogP contribution is -2.42. The van der Waals surface area contributed by atoms with Crippen LogP contribution in [0.5, 0.6) is 0 Å². The number of morpholine rings is 1. The second kappa shape index (κ2) is 7.81. The summed E-state index contributed by atoms with van der Waals surface area (Å²) in [6.07, 6.45) is 0.181. The maximum atomic E-state index is 11.8. The Morgan fingerprint density at radius 3 is 2.64 bits per heavy atom. The number of ether oxygens (including phenoxy) is 2. The van der Waals surface area contributed by atoms with Gasteiger partial charge in [-0.1, -0.05) is 42.5 Å². The fourth-order valence-corrected chi connectivity index (χ4v) is 3.42. The third kappa shape index (κ3) is 4.27. The van der Waals surface area contributed by atoms with Crippen LogP contribution in [0.1, 0.15) is 40.1 Å². The van der Waals surface area contributed by atoms with E-state index >= 15 is 0 Å². The van der Waals surface area contributed by atoms with Crippen molar-refractivity contribution in [3.8, 4) is 0 Å². The smallest absolute Gasteiger partial charge is 0.338 e. The van der Waals surface area contributed by atoms with Crippen LogP contribution in [-0.4, -0.2) is 37.2 Å². The summed E-state index contributed by atoms with van der Waals surface area (Å²) in [5.41, 5.74) is 3.94. The lowest BCUT2D eigenvalue weighted by Gasteiger charge is -2.37. The molecule has 1 saturated heterocycles. The molecule has 2 aromatic rings. The molecule has 25 heavy (non-hydrogen) atoms. The zero-order valence-electron chi connectivity index (χ0n) is 15.1. The average Bonchev–Trinajstić information content (AvgIpc) is 2.61. The summed E-state index contributed by atoms with van der Waals surface area (Å²) in [6, 6.07) is 16.4. The minimum Gasteiger partial charge on any atom is -0.465 e. The van der Waals surface area contributed by atoms with Gasteiger partial charge in [0.2, 0.25) is 0 Å². The fraction of sp³-hybridized carbons (Fsp3) is 0.381. The van der Waals surface area contributed by atoms with Crippen molar-refractivity contribution in [3.63, 3.8) is 0 Å². The zero-order chi connectivity index (χ0) is 17.8. The number of aryl methyl sites for hydroxylation is 1. The van der Waals surface area contributed by atoms with E-state index in [9.17, 15) is 4.79 Å². The number of hydrogen-bond donors (Lipinski definition) is 0. The third-order valence-electron chi connectivity index (χ3n) is 4.61. The van der Waals surface area contributed by atoms with E-state index in [1.165, 1.54) is 12.7 Å². The molecule has 4 nitrogen and oxygen atoms in total. The predicted octanol–water partition coefficient (Wildman–Crippen LogP) is 3.74. The third-order valence-corrected chi connectivity index (χ3v) is 4.61. The predicted molar refractivity (Wildman–Crippen MR) is 97.5 cm³/mol. The normalized spacial score (nSPS) is 21.1. The summed E-state index contributed by atoms with van der Waals surface area (Å²) >= 11 is 0. The Balaban J connectivity index is 1.75. The summed E-state index contributed by atoms with van der Waals surface area (Å²) < 4.78 is 11.0. The van der Waals surface area contributed by atoms with Crippen molar-refractivity contribution in [1.29, 1.82) is 0 Å². The number of benzene rings is 2. The van der Waals surface area contributed by atoms with Crippen LogP contribution in [0.15, 0.2) is 48.5 Å². The molecule has 0 spiro atoms. The lowest BCUT2D eigenvalue weighted by molar-refractivity contribution is -0.0814. The Morgan fingerprint density at radius 2 is 1.96 bits per heavy atom. The van der Waals surface area contributed by atoms with Crippen LogP contribution >= 0.6 is 0 Å². The van der Waals surface area contributed by atoms with Crippen molar-refractivity contribution in [3.05, 3.63) is 70.8 Å². The van der Waals surface area contributed by atoms with Crippen LogP contribution in [0.4, 0.5) is 0 Å². The molecule has 0 saturated carbocycles. The number of hydrogen-bond acceptors (Lipinski definition) is 4. The Hall–Kier alpha value is -2.17. The molecule has 132 valence electrons. The number of esters is 1. The van der Waals surface area contributed by atoms with Crippen molar-refractivity contribution in [2.24, 2.45) is 0 Å². The first-order valence-corrected chi connectivity index (χ1v) is 8.67. The lowest BCUT2D eigenvalue weighted by atomic mass is 10.00. The minimum atomic E-state index is -0.298. The number of methoxy groups -OCH3 is 1. The number of nitrogens with zero attached hydrogens (tertiary/aromatic N) is 1.